The van der Waals surface area contributed by atoms with Crippen LogP contribution in [0.1, 0.15) is 40.2 Å². The molecule has 0 saturated carbocycles. The average molecular weight is 337 g/mol. The topological polar surface area (TPSA) is 35.5 Å². The fraction of sp³-hybridized carbons (Fsp3) is 0.471. The summed E-state index contributed by atoms with van der Waals surface area (Å²) in [6.07, 6.45) is 2.77. The molecule has 125 valence electrons. The maximum atomic E-state index is 14.1. The van der Waals surface area contributed by atoms with Crippen LogP contribution in [0.5, 0.6) is 0 Å². The van der Waals surface area contributed by atoms with Crippen molar-refractivity contribution in [1.29, 1.82) is 0 Å². The predicted octanol–water partition coefficient (Wildman–Crippen LogP) is 3.15. The zero-order chi connectivity index (χ0) is 17.7. The minimum absolute atomic E-state index is 0.306. The van der Waals surface area contributed by atoms with E-state index >= 15 is 0 Å². The van der Waals surface area contributed by atoms with Gasteiger partial charge in [-0.05, 0) is 57.8 Å². The molecule has 0 aliphatic carbocycles. The summed E-state index contributed by atoms with van der Waals surface area (Å²) in [5.74, 6) is -0.881. The van der Waals surface area contributed by atoms with Crippen LogP contribution >= 0.6 is 12.6 Å². The van der Waals surface area contributed by atoms with Crippen LogP contribution in [0.4, 0.5) is 4.39 Å². The van der Waals surface area contributed by atoms with Crippen molar-refractivity contribution in [1.82, 2.24) is 0 Å². The molecule has 0 aliphatic heterocycles. The van der Waals surface area contributed by atoms with Gasteiger partial charge >= 0.3 is 13.5 Å². The molecule has 0 aliphatic rings. The van der Waals surface area contributed by atoms with Gasteiger partial charge in [0.1, 0.15) is 5.82 Å². The van der Waals surface area contributed by atoms with E-state index in [2.05, 4.69) is 12.6 Å². The summed E-state index contributed by atoms with van der Waals surface area (Å²) in [6.45, 7) is 9.69. The highest BCUT2D eigenvalue weighted by atomic mass is 32.1. The first-order valence-corrected chi connectivity index (χ1v) is 7.89. The lowest BCUT2D eigenvalue weighted by Crippen LogP contribution is -2.46. The number of ether oxygens (including phenoxy) is 1. The number of esters is 1. The van der Waals surface area contributed by atoms with Crippen LogP contribution in [-0.2, 0) is 14.2 Å². The van der Waals surface area contributed by atoms with Crippen molar-refractivity contribution in [3.05, 3.63) is 35.7 Å². The summed E-state index contributed by atoms with van der Waals surface area (Å²) in [5, 5.41) is 0. The lowest BCUT2D eigenvalue weighted by Gasteiger charge is -2.38. The van der Waals surface area contributed by atoms with Gasteiger partial charge in [0.15, 0.2) is 0 Å². The van der Waals surface area contributed by atoms with E-state index in [1.54, 1.807) is 19.1 Å². The van der Waals surface area contributed by atoms with Gasteiger partial charge in [0, 0.05) is 10.8 Å². The van der Waals surface area contributed by atoms with Crippen LogP contribution in [0, 0.1) is 5.82 Å². The number of thiol groups is 1. The van der Waals surface area contributed by atoms with Gasteiger partial charge in [-0.2, -0.15) is 12.6 Å². The standard InChI is InChI=1S/C17H23BFO3S/c1-6-21-15(20)10-8-12-7-9-13(14(19)11-12)18-22-16(2,3)17(4,5)23/h7-11,23H,6H2,1-5H3/b10-8+. The first-order chi connectivity index (χ1) is 10.6. The van der Waals surface area contributed by atoms with Crippen LogP contribution in [0.2, 0.25) is 0 Å². The predicted molar refractivity (Wildman–Crippen MR) is 95.7 cm³/mol. The molecule has 0 amide bonds. The molecule has 1 rings (SSSR count). The number of carbonyl (C=O) groups is 1. The second kappa shape index (κ2) is 8.02. The number of carbonyl (C=O) groups excluding carboxylic acids is 1. The highest BCUT2D eigenvalue weighted by Gasteiger charge is 2.34. The maximum Gasteiger partial charge on any atom is 0.333 e. The van der Waals surface area contributed by atoms with Crippen LogP contribution in [0.3, 0.4) is 0 Å². The van der Waals surface area contributed by atoms with Gasteiger partial charge in [-0.15, -0.1) is 0 Å². The molecule has 0 atom stereocenters. The van der Waals surface area contributed by atoms with Gasteiger partial charge in [-0.1, -0.05) is 12.1 Å². The van der Waals surface area contributed by atoms with Crippen molar-refractivity contribution >= 4 is 37.6 Å². The van der Waals surface area contributed by atoms with E-state index in [9.17, 15) is 9.18 Å². The fourth-order valence-electron chi connectivity index (χ4n) is 1.45. The molecule has 6 heteroatoms. The first kappa shape index (κ1) is 19.8. The second-order valence-corrected chi connectivity index (χ2v) is 7.29. The highest BCUT2D eigenvalue weighted by Crippen LogP contribution is 2.30. The Morgan fingerprint density at radius 3 is 2.52 bits per heavy atom. The Labute approximate surface area is 143 Å². The minimum atomic E-state index is -0.564. The van der Waals surface area contributed by atoms with Crippen LogP contribution in [0.15, 0.2) is 24.3 Å². The van der Waals surface area contributed by atoms with E-state index < -0.39 is 17.4 Å². The number of hydrogen-bond donors (Lipinski definition) is 1. The summed E-state index contributed by atoms with van der Waals surface area (Å²) in [6, 6.07) is 4.64. The number of hydrogen-bond acceptors (Lipinski definition) is 4. The Bertz CT molecular complexity index is 580. The van der Waals surface area contributed by atoms with Crippen molar-refractivity contribution in [2.75, 3.05) is 6.61 Å². The van der Waals surface area contributed by atoms with E-state index in [1.165, 1.54) is 25.7 Å². The summed E-state index contributed by atoms with van der Waals surface area (Å²) in [7, 11) is 1.39. The third-order valence-corrected chi connectivity index (χ3v) is 4.22. The quantitative estimate of drug-likeness (QED) is 0.359. The van der Waals surface area contributed by atoms with Gasteiger partial charge in [0.25, 0.3) is 0 Å². The van der Waals surface area contributed by atoms with Gasteiger partial charge < -0.3 is 9.39 Å². The first-order valence-electron chi connectivity index (χ1n) is 7.44. The number of benzene rings is 1. The molecule has 1 aromatic rings. The monoisotopic (exact) mass is 337 g/mol. The summed E-state index contributed by atoms with van der Waals surface area (Å²) in [5.41, 5.74) is 0.343. The molecule has 0 saturated heterocycles. The Hall–Kier alpha value is -1.27. The third kappa shape index (κ3) is 6.03. The molecule has 0 fully saturated rings. The molecule has 0 aromatic heterocycles. The van der Waals surface area contributed by atoms with E-state index in [-0.39, 0.29) is 4.75 Å². The average Bonchev–Trinajstić information content (AvgIpc) is 2.43. The highest BCUT2D eigenvalue weighted by molar-refractivity contribution is 7.81. The molecular formula is C17H23BFO3S. The zero-order valence-electron chi connectivity index (χ0n) is 14.2. The van der Waals surface area contributed by atoms with Crippen molar-refractivity contribution in [3.8, 4) is 0 Å². The summed E-state index contributed by atoms with van der Waals surface area (Å²) < 4.78 is 24.2. The second-order valence-electron chi connectivity index (χ2n) is 6.17. The normalized spacial score (nSPS) is 12.5. The molecule has 0 bridgehead atoms. The fourth-order valence-corrected chi connectivity index (χ4v) is 1.50. The molecule has 23 heavy (non-hydrogen) atoms. The SMILES string of the molecule is CCOC(=O)/C=C/c1ccc([B]OC(C)(C)C(C)(C)S)c(F)c1. The van der Waals surface area contributed by atoms with Crippen molar-refractivity contribution < 1.29 is 18.6 Å². The molecule has 1 radical (unpaired) electrons. The number of halogens is 1. The van der Waals surface area contributed by atoms with Crippen molar-refractivity contribution in [2.45, 2.75) is 45.0 Å². The van der Waals surface area contributed by atoms with E-state index in [0.717, 1.165) is 0 Å². The van der Waals surface area contributed by atoms with Crippen molar-refractivity contribution in [2.24, 2.45) is 0 Å². The molecule has 0 N–H and O–H groups in total. The van der Waals surface area contributed by atoms with Crippen LogP contribution in [0.25, 0.3) is 6.08 Å². The van der Waals surface area contributed by atoms with Crippen molar-refractivity contribution in [3.63, 3.8) is 0 Å². The molecule has 1 aromatic carbocycles. The van der Waals surface area contributed by atoms with Crippen LogP contribution < -0.4 is 5.46 Å². The summed E-state index contributed by atoms with van der Waals surface area (Å²) in [4.78, 5) is 11.2. The largest absolute Gasteiger partial charge is 0.463 e. The van der Waals surface area contributed by atoms with Gasteiger partial charge in [0.05, 0.1) is 12.2 Å². The van der Waals surface area contributed by atoms with Crippen LogP contribution in [-0.4, -0.2) is 30.4 Å². The smallest absolute Gasteiger partial charge is 0.333 e. The summed E-state index contributed by atoms with van der Waals surface area (Å²) >= 11 is 4.50. The van der Waals surface area contributed by atoms with Gasteiger partial charge in [0.2, 0.25) is 0 Å². The van der Waals surface area contributed by atoms with E-state index in [1.807, 2.05) is 27.7 Å². The lowest BCUT2D eigenvalue weighted by atomic mass is 9.83. The molecule has 0 spiro atoms. The Balaban J connectivity index is 2.76. The third-order valence-electron chi connectivity index (χ3n) is 3.68. The number of rotatable bonds is 7. The Morgan fingerprint density at radius 1 is 1.35 bits per heavy atom. The zero-order valence-corrected chi connectivity index (χ0v) is 15.1. The maximum absolute atomic E-state index is 14.1. The minimum Gasteiger partial charge on any atom is -0.463 e. The van der Waals surface area contributed by atoms with Gasteiger partial charge in [-0.3, -0.25) is 0 Å². The van der Waals surface area contributed by atoms with E-state index in [0.29, 0.717) is 17.6 Å². The Morgan fingerprint density at radius 2 is 2.00 bits per heavy atom. The molecule has 3 nitrogen and oxygen atoms in total. The lowest BCUT2D eigenvalue weighted by molar-refractivity contribution is -0.137. The molecular weight excluding hydrogens is 314 g/mol. The molecule has 0 heterocycles. The van der Waals surface area contributed by atoms with Gasteiger partial charge in [-0.25, -0.2) is 9.18 Å². The van der Waals surface area contributed by atoms with E-state index in [4.69, 9.17) is 9.39 Å². The Kier molecular flexibility index (Phi) is 6.90. The molecule has 0 unspecified atom stereocenters.